The highest BCUT2D eigenvalue weighted by Crippen LogP contribution is 2.37. The molecule has 0 amide bonds. The van der Waals surface area contributed by atoms with Gasteiger partial charge in [-0.25, -0.2) is 4.98 Å². The van der Waals surface area contributed by atoms with E-state index >= 15 is 0 Å². The molecule has 0 spiro atoms. The van der Waals surface area contributed by atoms with E-state index < -0.39 is 0 Å². The summed E-state index contributed by atoms with van der Waals surface area (Å²) in [5.74, 6) is 6.49. The van der Waals surface area contributed by atoms with E-state index in [2.05, 4.69) is 62.8 Å². The molecule has 2 saturated carbocycles. The summed E-state index contributed by atoms with van der Waals surface area (Å²) in [5.41, 5.74) is 5.23. The van der Waals surface area contributed by atoms with E-state index in [4.69, 9.17) is 11.6 Å². The number of aryl methyl sites for hydroxylation is 1. The third-order valence-electron chi connectivity index (χ3n) is 6.89. The molecule has 4 aromatic rings. The van der Waals surface area contributed by atoms with Gasteiger partial charge in [-0.1, -0.05) is 35.7 Å². The van der Waals surface area contributed by atoms with Gasteiger partial charge in [0, 0.05) is 64.6 Å². The van der Waals surface area contributed by atoms with Crippen molar-refractivity contribution < 1.29 is 0 Å². The first-order valence-corrected chi connectivity index (χ1v) is 12.7. The van der Waals surface area contributed by atoms with Crippen LogP contribution in [0.15, 0.2) is 73.1 Å². The third-order valence-corrected chi connectivity index (χ3v) is 7.15. The highest BCUT2D eigenvalue weighted by molar-refractivity contribution is 6.30. The lowest BCUT2D eigenvalue weighted by Gasteiger charge is -2.21. The van der Waals surface area contributed by atoms with Crippen LogP contribution in [-0.4, -0.2) is 33.1 Å². The molecule has 0 bridgehead atoms. The molecule has 4 heteroatoms. The minimum Gasteiger partial charge on any atom is -0.347 e. The van der Waals surface area contributed by atoms with Crippen LogP contribution >= 0.6 is 11.6 Å². The van der Waals surface area contributed by atoms with E-state index in [0.717, 1.165) is 46.0 Å². The van der Waals surface area contributed by atoms with Gasteiger partial charge in [0.1, 0.15) is 5.69 Å². The number of hydrogen-bond donors (Lipinski definition) is 0. The third kappa shape index (κ3) is 4.89. The molecule has 2 heterocycles. The first-order valence-electron chi connectivity index (χ1n) is 12.3. The van der Waals surface area contributed by atoms with Crippen LogP contribution in [0.25, 0.3) is 22.0 Å². The molecule has 0 saturated heterocycles. The van der Waals surface area contributed by atoms with Crippen molar-refractivity contribution in [3.05, 3.63) is 89.3 Å². The topological polar surface area (TPSA) is 21.1 Å². The summed E-state index contributed by atoms with van der Waals surface area (Å²) < 4.78 is 2.39. The normalized spacial score (nSPS) is 15.5. The van der Waals surface area contributed by atoms with Gasteiger partial charge in [-0.3, -0.25) is 4.90 Å². The second kappa shape index (κ2) is 9.29. The number of nitrogens with zero attached hydrogens (tertiary/aromatic N) is 3. The van der Waals surface area contributed by atoms with E-state index in [1.54, 1.807) is 0 Å². The zero-order valence-electron chi connectivity index (χ0n) is 19.3. The maximum absolute atomic E-state index is 5.98. The van der Waals surface area contributed by atoms with Gasteiger partial charge >= 0.3 is 0 Å². The fourth-order valence-corrected chi connectivity index (χ4v) is 4.92. The lowest BCUT2D eigenvalue weighted by molar-refractivity contribution is 0.245. The molecule has 0 aliphatic heterocycles. The molecule has 170 valence electrons. The van der Waals surface area contributed by atoms with Gasteiger partial charge in [-0.15, -0.1) is 0 Å². The molecule has 2 aromatic carbocycles. The number of aromatic nitrogens is 2. The number of pyridine rings is 1. The molecule has 2 aromatic heterocycles. The molecule has 0 atom stereocenters. The van der Waals surface area contributed by atoms with E-state index in [1.165, 1.54) is 49.6 Å². The summed E-state index contributed by atoms with van der Waals surface area (Å²) >= 11 is 5.98. The fourth-order valence-electron chi connectivity index (χ4n) is 4.79. The molecule has 34 heavy (non-hydrogen) atoms. The second-order valence-corrected chi connectivity index (χ2v) is 9.96. The van der Waals surface area contributed by atoms with Gasteiger partial charge in [0.2, 0.25) is 0 Å². The lowest BCUT2D eigenvalue weighted by Crippen LogP contribution is -2.30. The highest BCUT2D eigenvalue weighted by Gasteiger charge is 2.38. The molecule has 0 N–H and O–H groups in total. The molecular weight excluding hydrogens is 438 g/mol. The first-order chi connectivity index (χ1) is 16.7. The summed E-state index contributed by atoms with van der Waals surface area (Å²) in [6, 6.07) is 22.3. The van der Waals surface area contributed by atoms with Crippen LogP contribution in [-0.2, 0) is 6.54 Å². The zero-order valence-corrected chi connectivity index (χ0v) is 20.0. The molecule has 2 fully saturated rings. The van der Waals surface area contributed by atoms with Crippen molar-refractivity contribution in [1.29, 1.82) is 0 Å². The zero-order chi connectivity index (χ0) is 22.9. The Balaban J connectivity index is 1.11. The van der Waals surface area contributed by atoms with Crippen LogP contribution in [0.5, 0.6) is 0 Å². The SMILES string of the molecule is Clc1ccc(-c2ccc(C#Cc3ccc4c(ccn4CCCN(C4CC4)C4CC4)c3)nc2)cc1. The van der Waals surface area contributed by atoms with Gasteiger partial charge < -0.3 is 4.57 Å². The van der Waals surface area contributed by atoms with Gasteiger partial charge in [0.05, 0.1) is 0 Å². The largest absolute Gasteiger partial charge is 0.347 e. The van der Waals surface area contributed by atoms with Crippen molar-refractivity contribution >= 4 is 22.5 Å². The quantitative estimate of drug-likeness (QED) is 0.281. The Kier molecular flexibility index (Phi) is 5.87. The van der Waals surface area contributed by atoms with E-state index in [-0.39, 0.29) is 0 Å². The second-order valence-electron chi connectivity index (χ2n) is 9.53. The molecule has 2 aliphatic carbocycles. The molecule has 6 rings (SSSR count). The maximum Gasteiger partial charge on any atom is 0.113 e. The van der Waals surface area contributed by atoms with Gasteiger partial charge in [-0.05, 0) is 86.1 Å². The summed E-state index contributed by atoms with van der Waals surface area (Å²) in [7, 11) is 0. The number of rotatable bonds is 7. The summed E-state index contributed by atoms with van der Waals surface area (Å²) in [6.07, 6.45) is 10.9. The predicted octanol–water partition coefficient (Wildman–Crippen LogP) is 6.77. The average Bonchev–Trinajstić information content (AvgIpc) is 3.80. The Morgan fingerprint density at radius 2 is 1.65 bits per heavy atom. The monoisotopic (exact) mass is 465 g/mol. The summed E-state index contributed by atoms with van der Waals surface area (Å²) in [4.78, 5) is 7.30. The molecule has 0 radical (unpaired) electrons. The summed E-state index contributed by atoms with van der Waals surface area (Å²) in [6.45, 7) is 2.32. The number of fused-ring (bicyclic) bond motifs is 1. The molecule has 3 nitrogen and oxygen atoms in total. The van der Waals surface area contributed by atoms with Crippen molar-refractivity contribution in [2.45, 2.75) is 50.7 Å². The molecule has 0 unspecified atom stereocenters. The number of hydrogen-bond acceptors (Lipinski definition) is 2. The van der Waals surface area contributed by atoms with Crippen molar-refractivity contribution in [2.75, 3.05) is 6.54 Å². The van der Waals surface area contributed by atoms with Crippen LogP contribution in [0.3, 0.4) is 0 Å². The highest BCUT2D eigenvalue weighted by atomic mass is 35.5. The van der Waals surface area contributed by atoms with Gasteiger partial charge in [0.15, 0.2) is 0 Å². The predicted molar refractivity (Wildman–Crippen MR) is 140 cm³/mol. The minimum atomic E-state index is 0.736. The Morgan fingerprint density at radius 1 is 0.882 bits per heavy atom. The fraction of sp³-hybridized carbons (Fsp3) is 0.300. The van der Waals surface area contributed by atoms with Crippen LogP contribution in [0.2, 0.25) is 5.02 Å². The number of benzene rings is 2. The van der Waals surface area contributed by atoms with Crippen molar-refractivity contribution in [2.24, 2.45) is 0 Å². The maximum atomic E-state index is 5.98. The van der Waals surface area contributed by atoms with Gasteiger partial charge in [-0.2, -0.15) is 0 Å². The Hall–Kier alpha value is -3.06. The molecular formula is C30H28ClN3. The Labute approximate surface area is 206 Å². The Bertz CT molecular complexity index is 1340. The van der Waals surface area contributed by atoms with E-state index in [1.807, 2.05) is 36.5 Å². The van der Waals surface area contributed by atoms with Crippen molar-refractivity contribution in [3.63, 3.8) is 0 Å². The van der Waals surface area contributed by atoms with Gasteiger partial charge in [0.25, 0.3) is 0 Å². The Morgan fingerprint density at radius 3 is 2.35 bits per heavy atom. The van der Waals surface area contributed by atoms with E-state index in [9.17, 15) is 0 Å². The molecule has 2 aliphatic rings. The van der Waals surface area contributed by atoms with E-state index in [0.29, 0.717) is 0 Å². The van der Waals surface area contributed by atoms with Crippen molar-refractivity contribution in [1.82, 2.24) is 14.5 Å². The van der Waals surface area contributed by atoms with Crippen LogP contribution in [0, 0.1) is 11.8 Å². The standard InChI is InChI=1S/C30H28ClN3/c31-26-7-4-23(5-8-26)25-6-10-27(32-21-25)9-2-22-3-15-30-24(20-22)16-19-33(30)17-1-18-34(28-11-12-28)29-13-14-29/h3-8,10,15-16,19-21,28-29H,1,11-14,17-18H2. The number of halogens is 1. The minimum absolute atomic E-state index is 0.736. The van der Waals surface area contributed by atoms with Crippen LogP contribution in [0.1, 0.15) is 43.4 Å². The van der Waals surface area contributed by atoms with Crippen molar-refractivity contribution in [3.8, 4) is 23.0 Å². The summed E-state index contributed by atoms with van der Waals surface area (Å²) in [5, 5.41) is 1.99. The van der Waals surface area contributed by atoms with Crippen LogP contribution in [0.4, 0.5) is 0 Å². The lowest BCUT2D eigenvalue weighted by atomic mass is 10.1. The average molecular weight is 466 g/mol. The smallest absolute Gasteiger partial charge is 0.113 e. The van der Waals surface area contributed by atoms with Crippen LogP contribution < -0.4 is 0 Å². The first kappa shape index (κ1) is 21.5.